The maximum absolute atomic E-state index is 12.8. The molecule has 8 heteroatoms. The number of carboxylic acids is 1. The summed E-state index contributed by atoms with van der Waals surface area (Å²) in [6.45, 7) is 0. The van der Waals surface area contributed by atoms with Crippen molar-refractivity contribution in [2.75, 3.05) is 0 Å². The second-order valence-corrected chi connectivity index (χ2v) is 6.97. The van der Waals surface area contributed by atoms with Crippen LogP contribution in [0, 0.1) is 0 Å². The normalized spacial score (nSPS) is 15.2. The lowest BCUT2D eigenvalue weighted by Crippen LogP contribution is -2.30. The molecule has 128 valence electrons. The van der Waals surface area contributed by atoms with Gasteiger partial charge in [0, 0.05) is 23.7 Å². The summed E-state index contributed by atoms with van der Waals surface area (Å²) < 4.78 is 1.95. The van der Waals surface area contributed by atoms with Crippen molar-refractivity contribution in [1.29, 1.82) is 0 Å². The smallest absolute Gasteiger partial charge is 0.305 e. The number of imidazole rings is 1. The molecule has 0 aliphatic heterocycles. The van der Waals surface area contributed by atoms with Crippen molar-refractivity contribution >= 4 is 28.7 Å². The second-order valence-electron chi connectivity index (χ2n) is 6.04. The van der Waals surface area contributed by atoms with Crippen molar-refractivity contribution in [3.8, 4) is 0 Å². The fourth-order valence-electron chi connectivity index (χ4n) is 2.87. The van der Waals surface area contributed by atoms with Gasteiger partial charge in [0.15, 0.2) is 5.69 Å². The molecule has 0 bridgehead atoms. The van der Waals surface area contributed by atoms with Crippen molar-refractivity contribution in [2.24, 2.45) is 0 Å². The van der Waals surface area contributed by atoms with E-state index in [2.05, 4.69) is 15.3 Å². The molecule has 1 aliphatic rings. The highest BCUT2D eigenvalue weighted by atomic mass is 32.1. The molecule has 0 saturated heterocycles. The van der Waals surface area contributed by atoms with Gasteiger partial charge >= 0.3 is 5.97 Å². The standard InChI is InChI=1S/C17H16N4O3S/c22-13(23)9-11(17-18-6-8-25-17)19-16(24)14-12-3-1-2-7-21(12)15(20-14)10-4-5-10/h1-3,6-8,10-11H,4-5,9H2,(H,19,24)(H,22,23). The number of thiazole rings is 1. The van der Waals surface area contributed by atoms with Crippen LogP contribution >= 0.6 is 11.3 Å². The molecule has 0 radical (unpaired) electrons. The maximum Gasteiger partial charge on any atom is 0.305 e. The molecule has 0 spiro atoms. The molecule has 4 rings (SSSR count). The van der Waals surface area contributed by atoms with Crippen LogP contribution in [0.1, 0.15) is 52.5 Å². The quantitative estimate of drug-likeness (QED) is 0.708. The Morgan fingerprint density at radius 2 is 2.24 bits per heavy atom. The van der Waals surface area contributed by atoms with Crippen LogP contribution in [0.2, 0.25) is 0 Å². The Bertz CT molecular complexity index is 931. The van der Waals surface area contributed by atoms with Crippen molar-refractivity contribution in [1.82, 2.24) is 19.7 Å². The Morgan fingerprint density at radius 1 is 1.40 bits per heavy atom. The van der Waals surface area contributed by atoms with E-state index in [1.807, 2.05) is 28.8 Å². The molecule has 1 aliphatic carbocycles. The zero-order valence-electron chi connectivity index (χ0n) is 13.3. The highest BCUT2D eigenvalue weighted by molar-refractivity contribution is 7.09. The largest absolute Gasteiger partial charge is 0.481 e. The van der Waals surface area contributed by atoms with Gasteiger partial charge in [0.05, 0.1) is 18.0 Å². The van der Waals surface area contributed by atoms with Crippen LogP contribution in [0.25, 0.3) is 5.52 Å². The van der Waals surface area contributed by atoms with Gasteiger partial charge in [-0.25, -0.2) is 9.97 Å². The number of amides is 1. The molecule has 25 heavy (non-hydrogen) atoms. The Morgan fingerprint density at radius 3 is 2.92 bits per heavy atom. The Labute approximate surface area is 147 Å². The molecule has 3 heterocycles. The molecule has 7 nitrogen and oxygen atoms in total. The third-order valence-corrected chi connectivity index (χ3v) is 5.06. The Balaban J connectivity index is 1.66. The summed E-state index contributed by atoms with van der Waals surface area (Å²) in [4.78, 5) is 32.6. The van der Waals surface area contributed by atoms with E-state index >= 15 is 0 Å². The molecule has 3 aromatic heterocycles. The molecule has 1 atom stereocenters. The summed E-state index contributed by atoms with van der Waals surface area (Å²) in [5.74, 6) is -0.0825. The first-order valence-corrected chi connectivity index (χ1v) is 8.90. The minimum absolute atomic E-state index is 0.222. The minimum atomic E-state index is -0.992. The molecule has 1 fully saturated rings. The Kier molecular flexibility index (Phi) is 3.96. The molecular weight excluding hydrogens is 340 g/mol. The van der Waals surface area contributed by atoms with Crippen LogP contribution in [-0.2, 0) is 4.79 Å². The second kappa shape index (κ2) is 6.29. The molecule has 3 aromatic rings. The van der Waals surface area contributed by atoms with Crippen LogP contribution < -0.4 is 5.32 Å². The molecule has 0 aromatic carbocycles. The summed E-state index contributed by atoms with van der Waals surface area (Å²) in [5.41, 5.74) is 1.06. The van der Waals surface area contributed by atoms with Gasteiger partial charge in [-0.05, 0) is 25.0 Å². The molecule has 1 amide bonds. The van der Waals surface area contributed by atoms with Crippen LogP contribution in [0.3, 0.4) is 0 Å². The fraction of sp³-hybridized carbons (Fsp3) is 0.294. The topological polar surface area (TPSA) is 96.6 Å². The van der Waals surface area contributed by atoms with Gasteiger partial charge in [-0.3, -0.25) is 9.59 Å². The van der Waals surface area contributed by atoms with Crippen LogP contribution in [-0.4, -0.2) is 31.4 Å². The molecular formula is C17H16N4O3S. The third kappa shape index (κ3) is 3.12. The third-order valence-electron chi connectivity index (χ3n) is 4.17. The van der Waals surface area contributed by atoms with E-state index in [9.17, 15) is 9.59 Å². The van der Waals surface area contributed by atoms with Crippen LogP contribution in [0.15, 0.2) is 36.0 Å². The summed E-state index contributed by atoms with van der Waals surface area (Å²) >= 11 is 1.32. The number of fused-ring (bicyclic) bond motifs is 1. The first-order chi connectivity index (χ1) is 12.1. The number of hydrogen-bond acceptors (Lipinski definition) is 5. The van der Waals surface area contributed by atoms with E-state index in [1.54, 1.807) is 11.6 Å². The summed E-state index contributed by atoms with van der Waals surface area (Å²) in [5, 5.41) is 14.2. The summed E-state index contributed by atoms with van der Waals surface area (Å²) in [7, 11) is 0. The van der Waals surface area contributed by atoms with Crippen LogP contribution in [0.5, 0.6) is 0 Å². The zero-order chi connectivity index (χ0) is 17.4. The SMILES string of the molecule is O=C(O)CC(NC(=O)c1nc(C2CC2)n2ccccc12)c1nccs1. The van der Waals surface area contributed by atoms with Gasteiger partial charge < -0.3 is 14.8 Å². The summed E-state index contributed by atoms with van der Waals surface area (Å²) in [6.07, 6.45) is 5.44. The van der Waals surface area contributed by atoms with Gasteiger partial charge in [0.2, 0.25) is 0 Å². The average Bonchev–Trinajstić information content (AvgIpc) is 3.15. The fourth-order valence-corrected chi connectivity index (χ4v) is 3.56. The lowest BCUT2D eigenvalue weighted by Gasteiger charge is -2.13. The molecule has 2 N–H and O–H groups in total. The van der Waals surface area contributed by atoms with Crippen LogP contribution in [0.4, 0.5) is 0 Å². The van der Waals surface area contributed by atoms with Gasteiger partial charge in [-0.1, -0.05) is 6.07 Å². The minimum Gasteiger partial charge on any atom is -0.481 e. The van der Waals surface area contributed by atoms with Crippen molar-refractivity contribution < 1.29 is 14.7 Å². The predicted molar refractivity (Wildman–Crippen MR) is 91.7 cm³/mol. The van der Waals surface area contributed by atoms with Crippen molar-refractivity contribution in [3.05, 3.63) is 52.5 Å². The number of nitrogens with one attached hydrogen (secondary N) is 1. The summed E-state index contributed by atoms with van der Waals surface area (Å²) in [6, 6.07) is 4.95. The first kappa shape index (κ1) is 15.8. The van der Waals surface area contributed by atoms with Crippen molar-refractivity contribution in [2.45, 2.75) is 31.2 Å². The van der Waals surface area contributed by atoms with E-state index in [0.29, 0.717) is 16.6 Å². The number of rotatable bonds is 6. The van der Waals surface area contributed by atoms with E-state index < -0.39 is 12.0 Å². The number of pyridine rings is 1. The monoisotopic (exact) mass is 356 g/mol. The number of carbonyl (C=O) groups excluding carboxylic acids is 1. The van der Waals surface area contributed by atoms with Gasteiger partial charge in [-0.2, -0.15) is 0 Å². The highest BCUT2D eigenvalue weighted by Crippen LogP contribution is 2.40. The number of carbonyl (C=O) groups is 2. The highest BCUT2D eigenvalue weighted by Gasteiger charge is 2.31. The van der Waals surface area contributed by atoms with E-state index in [0.717, 1.165) is 24.2 Å². The number of aliphatic carboxylic acids is 1. The number of aromatic nitrogens is 3. The zero-order valence-corrected chi connectivity index (χ0v) is 14.1. The number of carboxylic acid groups (broad SMARTS) is 1. The lowest BCUT2D eigenvalue weighted by atomic mass is 10.2. The molecule has 1 saturated carbocycles. The van der Waals surface area contributed by atoms with Gasteiger partial charge in [-0.15, -0.1) is 11.3 Å². The maximum atomic E-state index is 12.8. The van der Waals surface area contributed by atoms with Crippen molar-refractivity contribution in [3.63, 3.8) is 0 Å². The van der Waals surface area contributed by atoms with Gasteiger partial charge in [0.1, 0.15) is 10.8 Å². The number of nitrogens with zero attached hydrogens (tertiary/aromatic N) is 3. The van der Waals surface area contributed by atoms with E-state index in [4.69, 9.17) is 5.11 Å². The predicted octanol–water partition coefficient (Wildman–Crippen LogP) is 2.61. The molecule has 1 unspecified atom stereocenters. The van der Waals surface area contributed by atoms with Gasteiger partial charge in [0.25, 0.3) is 5.91 Å². The van der Waals surface area contributed by atoms with E-state index in [1.165, 1.54) is 11.3 Å². The van der Waals surface area contributed by atoms with E-state index in [-0.39, 0.29) is 12.3 Å². The first-order valence-electron chi connectivity index (χ1n) is 8.02. The number of hydrogen-bond donors (Lipinski definition) is 2. The average molecular weight is 356 g/mol. The Hall–Kier alpha value is -2.74. The lowest BCUT2D eigenvalue weighted by molar-refractivity contribution is -0.137.